The van der Waals surface area contributed by atoms with E-state index in [2.05, 4.69) is 21.7 Å². The molecule has 1 aromatic carbocycles. The van der Waals surface area contributed by atoms with Crippen LogP contribution in [-0.2, 0) is 16.0 Å². The first kappa shape index (κ1) is 21.1. The highest BCUT2D eigenvalue weighted by Crippen LogP contribution is 2.25. The molecule has 1 aliphatic heterocycles. The molecule has 0 saturated carbocycles. The Balaban J connectivity index is 1.55. The van der Waals surface area contributed by atoms with Crippen molar-refractivity contribution in [3.8, 4) is 16.9 Å². The summed E-state index contributed by atoms with van der Waals surface area (Å²) in [4.78, 5) is 17.2. The van der Waals surface area contributed by atoms with E-state index in [-0.39, 0.29) is 6.61 Å². The maximum atomic E-state index is 12.1. The minimum absolute atomic E-state index is 0.275. The Labute approximate surface area is 167 Å². The molecule has 2 aromatic rings. The number of nitrogens with zero attached hydrogens (tertiary/aromatic N) is 2. The van der Waals surface area contributed by atoms with Gasteiger partial charge in [-0.05, 0) is 50.0 Å². The molecule has 3 rings (SSSR count). The lowest BCUT2D eigenvalue weighted by Gasteiger charge is -2.37. The van der Waals surface area contributed by atoms with Gasteiger partial charge in [-0.25, -0.2) is 4.79 Å². The molecule has 0 radical (unpaired) electrons. The number of hydrogen-bond donors (Lipinski definition) is 0. The molecular weight excluding hydrogens is 385 g/mol. The van der Waals surface area contributed by atoms with Gasteiger partial charge in [0, 0.05) is 17.8 Å². The molecule has 156 valence electrons. The van der Waals surface area contributed by atoms with Gasteiger partial charge in [-0.1, -0.05) is 24.3 Å². The third kappa shape index (κ3) is 5.93. The van der Waals surface area contributed by atoms with E-state index in [9.17, 15) is 18.0 Å². The van der Waals surface area contributed by atoms with Crippen molar-refractivity contribution >= 4 is 5.97 Å². The number of likely N-dealkylation sites (N-methyl/N-ethyl adjacent to an activating group) is 1. The van der Waals surface area contributed by atoms with Crippen molar-refractivity contribution in [1.29, 1.82) is 0 Å². The van der Waals surface area contributed by atoms with Crippen LogP contribution in [-0.4, -0.2) is 54.9 Å². The van der Waals surface area contributed by atoms with Crippen molar-refractivity contribution in [2.45, 2.75) is 31.5 Å². The summed E-state index contributed by atoms with van der Waals surface area (Å²) in [6, 6.07) is 10.0. The number of pyridine rings is 1. The first-order chi connectivity index (χ1) is 13.8. The number of aromatic nitrogens is 1. The number of carbonyl (C=O) groups is 1. The second-order valence-electron chi connectivity index (χ2n) is 7.08. The number of halogens is 3. The lowest BCUT2D eigenvalue weighted by molar-refractivity contribution is -0.199. The topological polar surface area (TPSA) is 51.7 Å². The quantitative estimate of drug-likeness (QED) is 0.490. The van der Waals surface area contributed by atoms with Crippen LogP contribution in [0.5, 0.6) is 5.75 Å². The number of alkyl halides is 3. The van der Waals surface area contributed by atoms with Crippen LogP contribution in [0.4, 0.5) is 13.2 Å². The van der Waals surface area contributed by atoms with Gasteiger partial charge in [-0.3, -0.25) is 9.88 Å². The summed E-state index contributed by atoms with van der Waals surface area (Å²) < 4.78 is 46.5. The molecule has 0 unspecified atom stereocenters. The van der Waals surface area contributed by atoms with Crippen molar-refractivity contribution in [3.05, 3.63) is 48.3 Å². The van der Waals surface area contributed by atoms with Crippen LogP contribution in [0.15, 0.2) is 42.7 Å². The van der Waals surface area contributed by atoms with Gasteiger partial charge in [0.25, 0.3) is 0 Å². The van der Waals surface area contributed by atoms with E-state index in [1.165, 1.54) is 0 Å². The lowest BCUT2D eigenvalue weighted by atomic mass is 10.0. The predicted octanol–water partition coefficient (Wildman–Crippen LogP) is 3.87. The molecule has 29 heavy (non-hydrogen) atoms. The monoisotopic (exact) mass is 408 g/mol. The van der Waals surface area contributed by atoms with Crippen LogP contribution in [0.25, 0.3) is 11.1 Å². The fourth-order valence-corrected chi connectivity index (χ4v) is 3.06. The molecule has 1 atom stereocenters. The van der Waals surface area contributed by atoms with Crippen LogP contribution in [0.3, 0.4) is 0 Å². The molecule has 1 aliphatic rings. The zero-order valence-electron chi connectivity index (χ0n) is 16.1. The number of benzene rings is 1. The van der Waals surface area contributed by atoms with Crippen molar-refractivity contribution in [1.82, 2.24) is 9.88 Å². The predicted molar refractivity (Wildman–Crippen MR) is 102 cm³/mol. The fraction of sp³-hybridized carbons (Fsp3) is 0.429. The molecular formula is C21H23F3N2O3. The van der Waals surface area contributed by atoms with Crippen molar-refractivity contribution in [3.63, 3.8) is 0 Å². The van der Waals surface area contributed by atoms with Gasteiger partial charge in [-0.2, -0.15) is 13.2 Å². The second-order valence-corrected chi connectivity index (χ2v) is 7.08. The Bertz CT molecular complexity index is 842. The largest absolute Gasteiger partial charge is 0.490 e. The molecule has 0 bridgehead atoms. The zero-order chi connectivity index (χ0) is 20.9. The first-order valence-electron chi connectivity index (χ1n) is 9.44. The number of esters is 1. The molecule has 1 fully saturated rings. The summed E-state index contributed by atoms with van der Waals surface area (Å²) >= 11 is 0. The normalized spacial score (nSPS) is 16.9. The number of ether oxygens (including phenoxy) is 2. The van der Waals surface area contributed by atoms with E-state index in [1.807, 2.05) is 30.3 Å². The highest BCUT2D eigenvalue weighted by Gasteiger charge is 2.40. The molecule has 5 nitrogen and oxygen atoms in total. The van der Waals surface area contributed by atoms with E-state index in [0.717, 1.165) is 29.7 Å². The average Bonchev–Trinajstić information content (AvgIpc) is 2.69. The van der Waals surface area contributed by atoms with E-state index < -0.39 is 12.1 Å². The van der Waals surface area contributed by atoms with E-state index >= 15 is 0 Å². The van der Waals surface area contributed by atoms with Crippen LogP contribution in [0.1, 0.15) is 18.4 Å². The van der Waals surface area contributed by atoms with Crippen molar-refractivity contribution < 1.29 is 27.4 Å². The number of hydrogen-bond acceptors (Lipinski definition) is 5. The molecule has 0 aliphatic carbocycles. The fourth-order valence-electron chi connectivity index (χ4n) is 3.06. The summed E-state index contributed by atoms with van der Waals surface area (Å²) in [5.41, 5.74) is 2.77. The molecule has 0 amide bonds. The SMILES string of the molecule is CN1CC[C@H]1COc1cncc(-c2cccc(CCCOC(=O)C(F)(F)F)c2)c1. The Morgan fingerprint density at radius 1 is 1.24 bits per heavy atom. The highest BCUT2D eigenvalue weighted by atomic mass is 19.4. The van der Waals surface area contributed by atoms with Crippen LogP contribution in [0.2, 0.25) is 0 Å². The van der Waals surface area contributed by atoms with Gasteiger partial charge >= 0.3 is 12.1 Å². The minimum atomic E-state index is -4.95. The smallest absolute Gasteiger partial charge is 0.490 e. The zero-order valence-corrected chi connectivity index (χ0v) is 16.1. The standard InChI is InChI=1S/C21H23F3N2O3/c1-26-8-7-18(26)14-29-19-11-17(12-25-13-19)16-6-2-4-15(10-16)5-3-9-28-20(27)21(22,23)24/h2,4,6,10-13,18H,3,5,7-9,14H2,1H3/t18-/m0/s1. The molecule has 8 heteroatoms. The van der Waals surface area contributed by atoms with E-state index in [4.69, 9.17) is 4.74 Å². The summed E-state index contributed by atoms with van der Waals surface area (Å²) in [7, 11) is 2.07. The van der Waals surface area contributed by atoms with E-state index in [1.54, 1.807) is 12.4 Å². The van der Waals surface area contributed by atoms with Crippen LogP contribution in [0, 0.1) is 0 Å². The van der Waals surface area contributed by atoms with Gasteiger partial charge in [-0.15, -0.1) is 0 Å². The van der Waals surface area contributed by atoms with Crippen LogP contribution >= 0.6 is 0 Å². The molecule has 0 spiro atoms. The maximum absolute atomic E-state index is 12.1. The molecule has 0 N–H and O–H groups in total. The lowest BCUT2D eigenvalue weighted by Crippen LogP contribution is -2.48. The van der Waals surface area contributed by atoms with Gasteiger partial charge in [0.15, 0.2) is 0 Å². The summed E-state index contributed by atoms with van der Waals surface area (Å²) in [6.07, 6.45) is 0.407. The second kappa shape index (κ2) is 9.26. The van der Waals surface area contributed by atoms with Gasteiger partial charge in [0.2, 0.25) is 0 Å². The Kier molecular flexibility index (Phi) is 6.74. The number of carbonyl (C=O) groups excluding carboxylic acids is 1. The van der Waals surface area contributed by atoms with Crippen LogP contribution < -0.4 is 4.74 Å². The number of aryl methyl sites for hydroxylation is 1. The van der Waals surface area contributed by atoms with Gasteiger partial charge < -0.3 is 9.47 Å². The first-order valence-corrected chi connectivity index (χ1v) is 9.44. The Hall–Kier alpha value is -2.61. The van der Waals surface area contributed by atoms with Crippen molar-refractivity contribution in [2.24, 2.45) is 0 Å². The van der Waals surface area contributed by atoms with Gasteiger partial charge in [0.1, 0.15) is 12.4 Å². The maximum Gasteiger partial charge on any atom is 0.490 e. The molecule has 1 saturated heterocycles. The molecule has 2 heterocycles. The molecule has 1 aromatic heterocycles. The number of rotatable bonds is 8. The van der Waals surface area contributed by atoms with Gasteiger partial charge in [0.05, 0.1) is 12.8 Å². The summed E-state index contributed by atoms with van der Waals surface area (Å²) in [5.74, 6) is -1.45. The average molecular weight is 408 g/mol. The summed E-state index contributed by atoms with van der Waals surface area (Å²) in [6.45, 7) is 1.44. The Morgan fingerprint density at radius 2 is 2.07 bits per heavy atom. The van der Waals surface area contributed by atoms with Crippen molar-refractivity contribution in [2.75, 3.05) is 26.8 Å². The minimum Gasteiger partial charge on any atom is -0.490 e. The third-order valence-corrected chi connectivity index (χ3v) is 4.93. The third-order valence-electron chi connectivity index (χ3n) is 4.93. The Morgan fingerprint density at radius 3 is 2.76 bits per heavy atom. The highest BCUT2D eigenvalue weighted by molar-refractivity contribution is 5.75. The summed E-state index contributed by atoms with van der Waals surface area (Å²) in [5, 5.41) is 0. The van der Waals surface area contributed by atoms with E-state index in [0.29, 0.717) is 31.2 Å². The number of likely N-dealkylation sites (tertiary alicyclic amines) is 1.